The van der Waals surface area contributed by atoms with Gasteiger partial charge in [-0.2, -0.15) is 0 Å². The molecule has 0 bridgehead atoms. The molecule has 2 aromatic carbocycles. The summed E-state index contributed by atoms with van der Waals surface area (Å²) >= 11 is 6.03. The Labute approximate surface area is 138 Å². The van der Waals surface area contributed by atoms with E-state index in [2.05, 4.69) is 0 Å². The summed E-state index contributed by atoms with van der Waals surface area (Å²) in [5.74, 6) is -0.298. The van der Waals surface area contributed by atoms with Crippen molar-refractivity contribution in [2.45, 2.75) is 19.9 Å². The molecule has 0 atom stereocenters. The highest BCUT2D eigenvalue weighted by Gasteiger charge is 2.15. The van der Waals surface area contributed by atoms with Crippen LogP contribution >= 0.6 is 11.6 Å². The van der Waals surface area contributed by atoms with Crippen LogP contribution < -0.4 is 5.43 Å². The van der Waals surface area contributed by atoms with Gasteiger partial charge in [-0.15, -0.1) is 0 Å². The van der Waals surface area contributed by atoms with Crippen LogP contribution in [-0.4, -0.2) is 14.8 Å². The van der Waals surface area contributed by atoms with Crippen molar-refractivity contribution < 1.29 is 10.2 Å². The minimum Gasteiger partial charge on any atom is -0.508 e. The molecule has 0 saturated heterocycles. The number of aromatic nitrogens is 1. The van der Waals surface area contributed by atoms with Crippen LogP contribution in [0, 0.1) is 0 Å². The van der Waals surface area contributed by atoms with Crippen LogP contribution in [0.3, 0.4) is 0 Å². The Balaban J connectivity index is 2.41. The van der Waals surface area contributed by atoms with Gasteiger partial charge in [0.15, 0.2) is 0 Å². The highest BCUT2D eigenvalue weighted by atomic mass is 35.5. The van der Waals surface area contributed by atoms with Gasteiger partial charge in [-0.05, 0) is 24.1 Å². The molecule has 1 aromatic heterocycles. The maximum Gasteiger partial charge on any atom is 0.200 e. The number of nitrogens with zero attached hydrogens (tertiary/aromatic N) is 1. The van der Waals surface area contributed by atoms with Crippen LogP contribution in [-0.2, 0) is 6.54 Å². The Kier molecular flexibility index (Phi) is 4.01. The van der Waals surface area contributed by atoms with Crippen molar-refractivity contribution in [3.05, 3.63) is 57.8 Å². The number of hydrogen-bond donors (Lipinski definition) is 2. The van der Waals surface area contributed by atoms with E-state index >= 15 is 0 Å². The molecule has 0 amide bonds. The molecule has 3 aromatic rings. The molecule has 2 N–H and O–H groups in total. The van der Waals surface area contributed by atoms with E-state index in [-0.39, 0.29) is 22.3 Å². The van der Waals surface area contributed by atoms with E-state index in [1.165, 1.54) is 12.1 Å². The smallest absolute Gasteiger partial charge is 0.200 e. The Hall–Kier alpha value is -2.46. The molecular formula is C18H16ClNO3. The van der Waals surface area contributed by atoms with E-state index < -0.39 is 0 Å². The van der Waals surface area contributed by atoms with Gasteiger partial charge >= 0.3 is 0 Å². The number of pyridine rings is 1. The second-order valence-corrected chi connectivity index (χ2v) is 5.87. The largest absolute Gasteiger partial charge is 0.508 e. The molecule has 5 heteroatoms. The predicted molar refractivity (Wildman–Crippen MR) is 92.3 cm³/mol. The van der Waals surface area contributed by atoms with Crippen molar-refractivity contribution in [3.63, 3.8) is 0 Å². The Bertz CT molecular complexity index is 947. The van der Waals surface area contributed by atoms with Crippen molar-refractivity contribution in [1.29, 1.82) is 0 Å². The fraction of sp³-hybridized carbons (Fsp3) is 0.167. The average molecular weight is 330 g/mol. The van der Waals surface area contributed by atoms with Gasteiger partial charge in [0.05, 0.1) is 10.9 Å². The number of phenolic OH excluding ortho intramolecular Hbond substituents is 2. The minimum absolute atomic E-state index is 0.0743. The average Bonchev–Trinajstić information content (AvgIpc) is 2.49. The number of aryl methyl sites for hydroxylation is 1. The summed E-state index contributed by atoms with van der Waals surface area (Å²) in [7, 11) is 0. The van der Waals surface area contributed by atoms with Crippen molar-refractivity contribution in [2.75, 3.05) is 0 Å². The standard InChI is InChI=1S/C18H16ClNO3/c1-2-6-20-10-14(11-4-3-5-12(19)7-11)18(23)17-15(20)8-13(21)9-16(17)22/h3-5,7-10,21-22H,2,6H2,1H3. The van der Waals surface area contributed by atoms with E-state index in [1.54, 1.807) is 24.4 Å². The number of rotatable bonds is 3. The molecule has 0 aliphatic carbocycles. The molecule has 118 valence electrons. The molecule has 0 unspecified atom stereocenters. The molecule has 0 spiro atoms. The number of hydrogen-bond acceptors (Lipinski definition) is 3. The third kappa shape index (κ3) is 2.78. The van der Waals surface area contributed by atoms with E-state index in [0.717, 1.165) is 6.42 Å². The summed E-state index contributed by atoms with van der Waals surface area (Å²) in [6.45, 7) is 2.68. The first kappa shape index (κ1) is 15.4. The van der Waals surface area contributed by atoms with E-state index in [4.69, 9.17) is 11.6 Å². The maximum absolute atomic E-state index is 12.8. The van der Waals surface area contributed by atoms with Crippen LogP contribution in [0.25, 0.3) is 22.0 Å². The second-order valence-electron chi connectivity index (χ2n) is 5.43. The fourth-order valence-corrected chi connectivity index (χ4v) is 2.95. The fourth-order valence-electron chi connectivity index (χ4n) is 2.76. The summed E-state index contributed by atoms with van der Waals surface area (Å²) in [4.78, 5) is 12.8. The maximum atomic E-state index is 12.8. The number of halogens is 1. The lowest BCUT2D eigenvalue weighted by Gasteiger charge is -2.14. The van der Waals surface area contributed by atoms with Gasteiger partial charge in [0.1, 0.15) is 11.5 Å². The zero-order chi connectivity index (χ0) is 16.6. The van der Waals surface area contributed by atoms with Crippen molar-refractivity contribution in [2.24, 2.45) is 0 Å². The van der Waals surface area contributed by atoms with Gasteiger partial charge in [-0.3, -0.25) is 4.79 Å². The third-order valence-corrected chi connectivity index (χ3v) is 3.98. The summed E-state index contributed by atoms with van der Waals surface area (Å²) in [5, 5.41) is 20.6. The van der Waals surface area contributed by atoms with Gasteiger partial charge in [-0.1, -0.05) is 30.7 Å². The first-order chi connectivity index (χ1) is 11.0. The van der Waals surface area contributed by atoms with Gasteiger partial charge in [-0.25, -0.2) is 0 Å². The zero-order valence-electron chi connectivity index (χ0n) is 12.6. The highest BCUT2D eigenvalue weighted by molar-refractivity contribution is 6.30. The molecular weight excluding hydrogens is 314 g/mol. The van der Waals surface area contributed by atoms with Crippen LogP contribution in [0.15, 0.2) is 47.4 Å². The number of phenols is 2. The van der Waals surface area contributed by atoms with Gasteiger partial charge < -0.3 is 14.8 Å². The van der Waals surface area contributed by atoms with Gasteiger partial charge in [0.25, 0.3) is 0 Å². The van der Waals surface area contributed by atoms with Crippen LogP contribution in [0.2, 0.25) is 5.02 Å². The molecule has 23 heavy (non-hydrogen) atoms. The molecule has 0 aliphatic rings. The Morgan fingerprint density at radius 1 is 1.17 bits per heavy atom. The van der Waals surface area contributed by atoms with E-state index in [0.29, 0.717) is 28.2 Å². The van der Waals surface area contributed by atoms with Crippen LogP contribution in [0.5, 0.6) is 11.5 Å². The van der Waals surface area contributed by atoms with Crippen molar-refractivity contribution in [3.8, 4) is 22.6 Å². The lowest BCUT2D eigenvalue weighted by molar-refractivity contribution is 0.454. The second kappa shape index (κ2) is 5.97. The van der Waals surface area contributed by atoms with Crippen LogP contribution in [0.4, 0.5) is 0 Å². The lowest BCUT2D eigenvalue weighted by atomic mass is 10.0. The number of fused-ring (bicyclic) bond motifs is 1. The van der Waals surface area contributed by atoms with E-state index in [1.807, 2.05) is 17.6 Å². The first-order valence-corrected chi connectivity index (χ1v) is 7.74. The molecule has 1 heterocycles. The molecule has 4 nitrogen and oxygen atoms in total. The van der Waals surface area contributed by atoms with Crippen molar-refractivity contribution >= 4 is 22.5 Å². The number of aromatic hydroxyl groups is 2. The van der Waals surface area contributed by atoms with Gasteiger partial charge in [0, 0.05) is 35.5 Å². The predicted octanol–water partition coefficient (Wildman–Crippen LogP) is 4.14. The summed E-state index contributed by atoms with van der Waals surface area (Å²) < 4.78 is 1.87. The van der Waals surface area contributed by atoms with Crippen molar-refractivity contribution in [1.82, 2.24) is 4.57 Å². The lowest BCUT2D eigenvalue weighted by Crippen LogP contribution is -2.12. The summed E-state index contributed by atoms with van der Waals surface area (Å²) in [6, 6.07) is 9.73. The Morgan fingerprint density at radius 2 is 1.96 bits per heavy atom. The topological polar surface area (TPSA) is 62.5 Å². The van der Waals surface area contributed by atoms with Gasteiger partial charge in [0.2, 0.25) is 5.43 Å². The quantitative estimate of drug-likeness (QED) is 0.759. The van der Waals surface area contributed by atoms with Crippen LogP contribution in [0.1, 0.15) is 13.3 Å². The zero-order valence-corrected chi connectivity index (χ0v) is 13.3. The molecule has 0 aliphatic heterocycles. The SMILES string of the molecule is CCCn1cc(-c2cccc(Cl)c2)c(=O)c2c(O)cc(O)cc21. The third-order valence-electron chi connectivity index (χ3n) is 3.75. The molecule has 0 saturated carbocycles. The minimum atomic E-state index is -0.285. The molecule has 0 fully saturated rings. The Morgan fingerprint density at radius 3 is 2.65 bits per heavy atom. The monoisotopic (exact) mass is 329 g/mol. The summed E-state index contributed by atoms with van der Waals surface area (Å²) in [6.07, 6.45) is 2.60. The first-order valence-electron chi connectivity index (χ1n) is 7.36. The highest BCUT2D eigenvalue weighted by Crippen LogP contribution is 2.30. The van der Waals surface area contributed by atoms with E-state index in [9.17, 15) is 15.0 Å². The number of benzene rings is 2. The molecule has 0 radical (unpaired) electrons. The summed E-state index contributed by atoms with van der Waals surface area (Å²) in [5.41, 5.74) is 1.39. The molecule has 3 rings (SSSR count). The normalized spacial score (nSPS) is 11.0.